The molecule has 1 aromatic heterocycles. The maximum absolute atomic E-state index is 12.8. The SMILES string of the molecule is COCc1ccc(C(=O)N2C[C@@H](O)C[C@@H]2c2cccc(OC)c2)o1. The molecule has 1 saturated heterocycles. The molecule has 128 valence electrons. The number of aliphatic hydroxyl groups is 1. The van der Waals surface area contributed by atoms with Crippen LogP contribution < -0.4 is 4.74 Å². The average molecular weight is 331 g/mol. The number of methoxy groups -OCH3 is 2. The van der Waals surface area contributed by atoms with Gasteiger partial charge in [-0.25, -0.2) is 0 Å². The number of aliphatic hydroxyl groups excluding tert-OH is 1. The van der Waals surface area contributed by atoms with E-state index in [1.807, 2.05) is 24.3 Å². The van der Waals surface area contributed by atoms with Crippen LogP contribution >= 0.6 is 0 Å². The second-order valence-electron chi connectivity index (χ2n) is 5.84. The predicted octanol–water partition coefficient (Wildman–Crippen LogP) is 2.38. The summed E-state index contributed by atoms with van der Waals surface area (Å²) in [6.07, 6.45) is -0.0663. The molecule has 1 N–H and O–H groups in total. The smallest absolute Gasteiger partial charge is 0.290 e. The van der Waals surface area contributed by atoms with E-state index >= 15 is 0 Å². The summed E-state index contributed by atoms with van der Waals surface area (Å²) in [5.74, 6) is 1.34. The summed E-state index contributed by atoms with van der Waals surface area (Å²) in [6, 6.07) is 10.7. The van der Waals surface area contributed by atoms with E-state index < -0.39 is 6.10 Å². The van der Waals surface area contributed by atoms with Gasteiger partial charge in [0.1, 0.15) is 18.1 Å². The molecule has 0 aliphatic carbocycles. The Hall–Kier alpha value is -2.31. The lowest BCUT2D eigenvalue weighted by molar-refractivity contribution is 0.0676. The number of hydrogen-bond donors (Lipinski definition) is 1. The van der Waals surface area contributed by atoms with E-state index in [9.17, 15) is 9.90 Å². The van der Waals surface area contributed by atoms with Crippen molar-refractivity contribution in [2.75, 3.05) is 20.8 Å². The van der Waals surface area contributed by atoms with Gasteiger partial charge in [-0.3, -0.25) is 4.79 Å². The molecule has 0 bridgehead atoms. The summed E-state index contributed by atoms with van der Waals surface area (Å²) in [4.78, 5) is 14.4. The van der Waals surface area contributed by atoms with Crippen molar-refractivity contribution in [2.45, 2.75) is 25.2 Å². The number of β-amino-alcohol motifs (C(OH)–C–C–N with tert-alkyl or cyclic N) is 1. The minimum Gasteiger partial charge on any atom is -0.497 e. The number of furan rings is 1. The maximum atomic E-state index is 12.8. The van der Waals surface area contributed by atoms with E-state index in [0.717, 1.165) is 11.3 Å². The third kappa shape index (κ3) is 3.29. The highest BCUT2D eigenvalue weighted by Crippen LogP contribution is 2.35. The zero-order valence-electron chi connectivity index (χ0n) is 13.8. The molecule has 1 aromatic carbocycles. The van der Waals surface area contributed by atoms with E-state index in [1.165, 1.54) is 0 Å². The Balaban J connectivity index is 1.85. The molecule has 6 heteroatoms. The van der Waals surface area contributed by atoms with Gasteiger partial charge in [0.05, 0.1) is 19.3 Å². The monoisotopic (exact) mass is 331 g/mol. The molecule has 1 aliphatic heterocycles. The first-order chi connectivity index (χ1) is 11.6. The zero-order valence-corrected chi connectivity index (χ0v) is 13.8. The highest BCUT2D eigenvalue weighted by molar-refractivity contribution is 5.92. The first-order valence-corrected chi connectivity index (χ1v) is 7.83. The summed E-state index contributed by atoms with van der Waals surface area (Å²) >= 11 is 0. The summed E-state index contributed by atoms with van der Waals surface area (Å²) < 4.78 is 15.8. The standard InChI is InChI=1S/C18H21NO5/c1-22-11-15-6-7-17(24-15)18(21)19-10-13(20)9-16(19)12-4-3-5-14(8-12)23-2/h3-8,13,16,20H,9-11H2,1-2H3/t13-,16+/m0/s1. The van der Waals surface area contributed by atoms with Crippen molar-refractivity contribution in [3.63, 3.8) is 0 Å². The summed E-state index contributed by atoms with van der Waals surface area (Å²) in [5.41, 5.74) is 0.933. The van der Waals surface area contributed by atoms with Gasteiger partial charge in [-0.15, -0.1) is 0 Å². The van der Waals surface area contributed by atoms with Crippen LogP contribution in [-0.2, 0) is 11.3 Å². The maximum Gasteiger partial charge on any atom is 0.290 e. The highest BCUT2D eigenvalue weighted by Gasteiger charge is 2.37. The van der Waals surface area contributed by atoms with E-state index in [2.05, 4.69) is 0 Å². The third-order valence-corrected chi connectivity index (χ3v) is 4.18. The normalized spacial score (nSPS) is 20.4. The molecule has 1 aliphatic rings. The summed E-state index contributed by atoms with van der Waals surface area (Å²) in [6.45, 7) is 0.593. The number of ether oxygens (including phenoxy) is 2. The van der Waals surface area contributed by atoms with E-state index in [4.69, 9.17) is 13.9 Å². The minimum atomic E-state index is -0.557. The Morgan fingerprint density at radius 3 is 2.92 bits per heavy atom. The van der Waals surface area contributed by atoms with Crippen LogP contribution in [0.5, 0.6) is 5.75 Å². The number of likely N-dealkylation sites (tertiary alicyclic amines) is 1. The number of benzene rings is 1. The van der Waals surface area contributed by atoms with Crippen LogP contribution in [0, 0.1) is 0 Å². The molecule has 2 heterocycles. The fraction of sp³-hybridized carbons (Fsp3) is 0.389. The minimum absolute atomic E-state index is 0.210. The van der Waals surface area contributed by atoms with Crippen LogP contribution in [0.1, 0.15) is 34.3 Å². The van der Waals surface area contributed by atoms with Gasteiger partial charge in [-0.2, -0.15) is 0 Å². The molecule has 2 atom stereocenters. The molecule has 1 amide bonds. The number of rotatable bonds is 5. The van der Waals surface area contributed by atoms with Crippen molar-refractivity contribution in [2.24, 2.45) is 0 Å². The van der Waals surface area contributed by atoms with E-state index in [-0.39, 0.29) is 24.3 Å². The molecule has 0 saturated carbocycles. The molecule has 0 radical (unpaired) electrons. The van der Waals surface area contributed by atoms with Crippen LogP contribution in [0.4, 0.5) is 0 Å². The van der Waals surface area contributed by atoms with Crippen LogP contribution in [0.15, 0.2) is 40.8 Å². The van der Waals surface area contributed by atoms with Gasteiger partial charge in [-0.1, -0.05) is 12.1 Å². The topological polar surface area (TPSA) is 72.1 Å². The Morgan fingerprint density at radius 1 is 1.33 bits per heavy atom. The fourth-order valence-corrected chi connectivity index (χ4v) is 3.06. The van der Waals surface area contributed by atoms with Crippen molar-refractivity contribution in [3.05, 3.63) is 53.5 Å². The van der Waals surface area contributed by atoms with Gasteiger partial charge in [0.25, 0.3) is 5.91 Å². The summed E-state index contributed by atoms with van der Waals surface area (Å²) in [5, 5.41) is 10.1. The Kier molecular flexibility index (Phi) is 4.87. The van der Waals surface area contributed by atoms with Gasteiger partial charge in [0.15, 0.2) is 5.76 Å². The number of hydrogen-bond acceptors (Lipinski definition) is 5. The summed E-state index contributed by atoms with van der Waals surface area (Å²) in [7, 11) is 3.17. The number of nitrogens with zero attached hydrogens (tertiary/aromatic N) is 1. The molecule has 1 fully saturated rings. The van der Waals surface area contributed by atoms with Crippen molar-refractivity contribution in [1.29, 1.82) is 0 Å². The first kappa shape index (κ1) is 16.5. The molecule has 2 aromatic rings. The van der Waals surface area contributed by atoms with Gasteiger partial charge in [0.2, 0.25) is 0 Å². The third-order valence-electron chi connectivity index (χ3n) is 4.18. The van der Waals surface area contributed by atoms with E-state index in [0.29, 0.717) is 18.8 Å². The highest BCUT2D eigenvalue weighted by atomic mass is 16.5. The van der Waals surface area contributed by atoms with Gasteiger partial charge in [0, 0.05) is 13.7 Å². The molecule has 3 rings (SSSR count). The number of amides is 1. The lowest BCUT2D eigenvalue weighted by Crippen LogP contribution is -2.31. The molecule has 0 spiro atoms. The van der Waals surface area contributed by atoms with Gasteiger partial charge < -0.3 is 23.9 Å². The predicted molar refractivity (Wildman–Crippen MR) is 86.8 cm³/mol. The van der Waals surface area contributed by atoms with Gasteiger partial charge >= 0.3 is 0 Å². The fourth-order valence-electron chi connectivity index (χ4n) is 3.06. The largest absolute Gasteiger partial charge is 0.497 e. The van der Waals surface area contributed by atoms with Crippen molar-refractivity contribution in [1.82, 2.24) is 4.90 Å². The van der Waals surface area contributed by atoms with Crippen LogP contribution in [0.25, 0.3) is 0 Å². The van der Waals surface area contributed by atoms with Crippen molar-refractivity contribution in [3.8, 4) is 5.75 Å². The Morgan fingerprint density at radius 2 is 2.17 bits per heavy atom. The first-order valence-electron chi connectivity index (χ1n) is 7.83. The number of carbonyl (C=O) groups is 1. The number of carbonyl (C=O) groups excluding carboxylic acids is 1. The van der Waals surface area contributed by atoms with Crippen LogP contribution in [0.2, 0.25) is 0 Å². The molecule has 6 nitrogen and oxygen atoms in total. The Labute approximate surface area is 140 Å². The van der Waals surface area contributed by atoms with Crippen LogP contribution in [-0.4, -0.2) is 42.8 Å². The zero-order chi connectivity index (χ0) is 17.1. The lowest BCUT2D eigenvalue weighted by atomic mass is 10.0. The van der Waals surface area contributed by atoms with Crippen molar-refractivity contribution < 1.29 is 23.8 Å². The quantitative estimate of drug-likeness (QED) is 0.911. The van der Waals surface area contributed by atoms with E-state index in [1.54, 1.807) is 31.3 Å². The Bertz CT molecular complexity index is 711. The van der Waals surface area contributed by atoms with Gasteiger partial charge in [-0.05, 0) is 36.2 Å². The van der Waals surface area contributed by atoms with Crippen molar-refractivity contribution >= 4 is 5.91 Å². The molecular weight excluding hydrogens is 310 g/mol. The second-order valence-corrected chi connectivity index (χ2v) is 5.84. The molecule has 0 unspecified atom stereocenters. The molecular formula is C18H21NO5. The lowest BCUT2D eigenvalue weighted by Gasteiger charge is -2.24. The molecule has 24 heavy (non-hydrogen) atoms. The average Bonchev–Trinajstić information content (AvgIpc) is 3.21. The van der Waals surface area contributed by atoms with Crippen LogP contribution in [0.3, 0.4) is 0 Å². The second kappa shape index (κ2) is 7.07.